The molecular weight excluding hydrogens is 369 g/mol. The first kappa shape index (κ1) is 18.5. The van der Waals surface area contributed by atoms with E-state index in [9.17, 15) is 17.6 Å². The van der Waals surface area contributed by atoms with Crippen molar-refractivity contribution in [1.82, 2.24) is 10.3 Å². The molecule has 0 aliphatic heterocycles. The summed E-state index contributed by atoms with van der Waals surface area (Å²) < 4.78 is 41.0. The van der Waals surface area contributed by atoms with Gasteiger partial charge >= 0.3 is 0 Å². The second-order valence-electron chi connectivity index (χ2n) is 5.66. The van der Waals surface area contributed by atoms with Crippen molar-refractivity contribution in [1.29, 1.82) is 0 Å². The molecule has 0 spiro atoms. The number of sulfonamides is 1. The van der Waals surface area contributed by atoms with Crippen molar-refractivity contribution in [3.63, 3.8) is 0 Å². The largest absolute Gasteiger partial charge is 0.348 e. The number of hydrogen-bond acceptors (Lipinski definition) is 4. The zero-order valence-corrected chi connectivity index (χ0v) is 14.9. The molecule has 138 valence electrons. The third kappa shape index (κ3) is 4.68. The number of amides is 1. The molecule has 0 fully saturated rings. The summed E-state index contributed by atoms with van der Waals surface area (Å²) in [5, 5.41) is 2.61. The summed E-state index contributed by atoms with van der Waals surface area (Å²) >= 11 is 0. The van der Waals surface area contributed by atoms with Crippen LogP contribution in [0.3, 0.4) is 0 Å². The molecule has 8 heteroatoms. The molecule has 0 atom stereocenters. The maximum atomic E-state index is 13.2. The minimum absolute atomic E-state index is 0.00899. The number of nitrogens with zero attached hydrogens (tertiary/aromatic N) is 1. The van der Waals surface area contributed by atoms with Gasteiger partial charge in [-0.3, -0.25) is 14.5 Å². The fourth-order valence-electron chi connectivity index (χ4n) is 2.45. The molecule has 3 rings (SSSR count). The van der Waals surface area contributed by atoms with Crippen molar-refractivity contribution in [3.05, 3.63) is 90.0 Å². The number of carbonyl (C=O) groups is 1. The highest BCUT2D eigenvalue weighted by atomic mass is 32.2. The van der Waals surface area contributed by atoms with Gasteiger partial charge in [0.15, 0.2) is 0 Å². The van der Waals surface area contributed by atoms with Crippen LogP contribution in [0.15, 0.2) is 78.0 Å². The minimum atomic E-state index is -3.99. The summed E-state index contributed by atoms with van der Waals surface area (Å²) in [4.78, 5) is 16.2. The zero-order chi connectivity index (χ0) is 19.3. The fraction of sp³-hybridized carbons (Fsp3) is 0.0526. The van der Waals surface area contributed by atoms with Gasteiger partial charge < -0.3 is 5.32 Å². The van der Waals surface area contributed by atoms with Crippen LogP contribution in [0.5, 0.6) is 0 Å². The van der Waals surface area contributed by atoms with Crippen LogP contribution >= 0.6 is 0 Å². The molecule has 0 bridgehead atoms. The lowest BCUT2D eigenvalue weighted by Gasteiger charge is -2.12. The zero-order valence-electron chi connectivity index (χ0n) is 14.1. The number of pyridine rings is 1. The molecule has 0 unspecified atom stereocenters. The van der Waals surface area contributed by atoms with Gasteiger partial charge in [0, 0.05) is 12.7 Å². The normalized spacial score (nSPS) is 11.0. The minimum Gasteiger partial charge on any atom is -0.348 e. The predicted molar refractivity (Wildman–Crippen MR) is 99.1 cm³/mol. The molecule has 1 amide bonds. The van der Waals surface area contributed by atoms with Crippen molar-refractivity contribution in [2.24, 2.45) is 0 Å². The standard InChI is InChI=1S/C19H16FN3O3S/c20-15-6-3-5-14(11-15)12-22-19(24)17-8-1-2-9-18(17)27(25,26)23-16-7-4-10-21-13-16/h1-11,13,23H,12H2,(H,22,24). The van der Waals surface area contributed by atoms with Gasteiger partial charge in [0.25, 0.3) is 15.9 Å². The van der Waals surface area contributed by atoms with Gasteiger partial charge in [-0.1, -0.05) is 24.3 Å². The molecule has 0 radical (unpaired) electrons. The van der Waals surface area contributed by atoms with Crippen LogP contribution in [0, 0.1) is 5.82 Å². The van der Waals surface area contributed by atoms with Crippen LogP contribution in [0.1, 0.15) is 15.9 Å². The lowest BCUT2D eigenvalue weighted by molar-refractivity contribution is 0.0947. The first-order valence-corrected chi connectivity index (χ1v) is 9.48. The molecule has 27 heavy (non-hydrogen) atoms. The predicted octanol–water partition coefficient (Wildman–Crippen LogP) is 2.95. The summed E-state index contributed by atoms with van der Waals surface area (Å²) in [6, 6.07) is 14.8. The second kappa shape index (κ2) is 7.96. The van der Waals surface area contributed by atoms with Crippen molar-refractivity contribution < 1.29 is 17.6 Å². The van der Waals surface area contributed by atoms with Gasteiger partial charge in [0.1, 0.15) is 10.7 Å². The summed E-state index contributed by atoms with van der Waals surface area (Å²) in [7, 11) is -3.99. The van der Waals surface area contributed by atoms with E-state index >= 15 is 0 Å². The van der Waals surface area contributed by atoms with E-state index in [1.54, 1.807) is 24.3 Å². The van der Waals surface area contributed by atoms with Crippen LogP contribution in [0.4, 0.5) is 10.1 Å². The van der Waals surface area contributed by atoms with E-state index in [2.05, 4.69) is 15.0 Å². The second-order valence-corrected chi connectivity index (χ2v) is 7.31. The lowest BCUT2D eigenvalue weighted by Crippen LogP contribution is -2.26. The van der Waals surface area contributed by atoms with Gasteiger partial charge in [-0.2, -0.15) is 0 Å². The molecule has 1 aromatic heterocycles. The maximum absolute atomic E-state index is 13.2. The molecule has 0 aliphatic rings. The monoisotopic (exact) mass is 385 g/mol. The van der Waals surface area contributed by atoms with E-state index < -0.39 is 21.7 Å². The van der Waals surface area contributed by atoms with E-state index in [0.29, 0.717) is 5.56 Å². The Labute approximate surface area is 156 Å². The quantitative estimate of drug-likeness (QED) is 0.683. The van der Waals surface area contributed by atoms with Gasteiger partial charge in [0.05, 0.1) is 17.4 Å². The van der Waals surface area contributed by atoms with Crippen molar-refractivity contribution >= 4 is 21.6 Å². The molecule has 0 saturated carbocycles. The number of hydrogen-bond donors (Lipinski definition) is 2. The van der Waals surface area contributed by atoms with E-state index in [0.717, 1.165) is 0 Å². The summed E-state index contributed by atoms with van der Waals surface area (Å²) in [6.07, 6.45) is 2.88. The van der Waals surface area contributed by atoms with Crippen LogP contribution in [0.25, 0.3) is 0 Å². The van der Waals surface area contributed by atoms with E-state index in [1.807, 2.05) is 0 Å². The number of halogens is 1. The first-order chi connectivity index (χ1) is 13.0. The Balaban J connectivity index is 1.81. The topological polar surface area (TPSA) is 88.2 Å². The van der Waals surface area contributed by atoms with Crippen molar-refractivity contribution in [3.8, 4) is 0 Å². The molecule has 0 aliphatic carbocycles. The van der Waals surface area contributed by atoms with E-state index in [4.69, 9.17) is 0 Å². The first-order valence-electron chi connectivity index (χ1n) is 8.00. The van der Waals surface area contributed by atoms with E-state index in [-0.39, 0.29) is 22.7 Å². The highest BCUT2D eigenvalue weighted by Crippen LogP contribution is 2.19. The van der Waals surface area contributed by atoms with Crippen LogP contribution in [-0.4, -0.2) is 19.3 Å². The average molecular weight is 385 g/mol. The summed E-state index contributed by atoms with van der Waals surface area (Å²) in [5.41, 5.74) is 0.843. The molecule has 2 aromatic carbocycles. The smallest absolute Gasteiger partial charge is 0.262 e. The number of rotatable bonds is 6. The Kier molecular flexibility index (Phi) is 5.46. The Morgan fingerprint density at radius 1 is 1.04 bits per heavy atom. The van der Waals surface area contributed by atoms with Crippen molar-refractivity contribution in [2.75, 3.05) is 4.72 Å². The van der Waals surface area contributed by atoms with E-state index in [1.165, 1.54) is 48.8 Å². The number of benzene rings is 2. The Morgan fingerprint density at radius 3 is 2.59 bits per heavy atom. The number of anilines is 1. The third-order valence-corrected chi connectivity index (χ3v) is 5.12. The number of nitrogens with one attached hydrogen (secondary N) is 2. The SMILES string of the molecule is O=C(NCc1cccc(F)c1)c1ccccc1S(=O)(=O)Nc1cccnc1. The number of aromatic nitrogens is 1. The van der Waals surface area contributed by atoms with Gasteiger partial charge in [0.2, 0.25) is 0 Å². The lowest BCUT2D eigenvalue weighted by atomic mass is 10.2. The highest BCUT2D eigenvalue weighted by molar-refractivity contribution is 7.92. The maximum Gasteiger partial charge on any atom is 0.262 e. The molecule has 3 aromatic rings. The van der Waals surface area contributed by atoms with Gasteiger partial charge in [-0.15, -0.1) is 0 Å². The average Bonchev–Trinajstić information content (AvgIpc) is 2.67. The van der Waals surface area contributed by atoms with Crippen molar-refractivity contribution in [2.45, 2.75) is 11.4 Å². The molecular formula is C19H16FN3O3S. The summed E-state index contributed by atoms with van der Waals surface area (Å²) in [5.74, 6) is -0.989. The van der Waals surface area contributed by atoms with Crippen LogP contribution < -0.4 is 10.0 Å². The molecule has 2 N–H and O–H groups in total. The Hall–Kier alpha value is -3.26. The number of carbonyl (C=O) groups excluding carboxylic acids is 1. The third-order valence-electron chi connectivity index (χ3n) is 3.68. The molecule has 6 nitrogen and oxygen atoms in total. The molecule has 1 heterocycles. The highest BCUT2D eigenvalue weighted by Gasteiger charge is 2.22. The fourth-order valence-corrected chi connectivity index (χ4v) is 3.70. The summed E-state index contributed by atoms with van der Waals surface area (Å²) in [6.45, 7) is 0.0704. The van der Waals surface area contributed by atoms with Gasteiger partial charge in [-0.25, -0.2) is 12.8 Å². The Morgan fingerprint density at radius 2 is 1.85 bits per heavy atom. The van der Waals surface area contributed by atoms with Crippen LogP contribution in [-0.2, 0) is 16.6 Å². The Bertz CT molecular complexity index is 1060. The van der Waals surface area contributed by atoms with Crippen LogP contribution in [0.2, 0.25) is 0 Å². The molecule has 0 saturated heterocycles. The van der Waals surface area contributed by atoms with Gasteiger partial charge in [-0.05, 0) is 42.0 Å².